The molecule has 0 spiro atoms. The van der Waals surface area contributed by atoms with Crippen molar-refractivity contribution in [2.45, 2.75) is 20.8 Å². The second-order valence-corrected chi connectivity index (χ2v) is 5.16. The molecule has 1 aromatic carbocycles. The van der Waals surface area contributed by atoms with Crippen LogP contribution < -0.4 is 5.43 Å². The number of rotatable bonds is 2. The van der Waals surface area contributed by atoms with Gasteiger partial charge in [0.2, 0.25) is 0 Å². The van der Waals surface area contributed by atoms with Crippen LogP contribution in [0.25, 0.3) is 5.57 Å². The van der Waals surface area contributed by atoms with Gasteiger partial charge < -0.3 is 4.90 Å². The van der Waals surface area contributed by atoms with Gasteiger partial charge in [-0.3, -0.25) is 5.43 Å². The third-order valence-corrected chi connectivity index (χ3v) is 3.70. The Balaban J connectivity index is 2.34. The average molecular weight is 267 g/mol. The van der Waals surface area contributed by atoms with Crippen molar-refractivity contribution in [3.05, 3.63) is 65.5 Å². The quantitative estimate of drug-likeness (QED) is 0.887. The molecular formula is C17H21N3. The molecule has 3 nitrogen and oxygen atoms in total. The summed E-state index contributed by atoms with van der Waals surface area (Å²) in [6.07, 6.45) is 2.04. The molecule has 1 aliphatic rings. The van der Waals surface area contributed by atoms with Crippen LogP contribution in [0, 0.1) is 13.8 Å². The average Bonchev–Trinajstić information content (AvgIpc) is 2.42. The van der Waals surface area contributed by atoms with Gasteiger partial charge in [-0.25, -0.2) is 0 Å². The summed E-state index contributed by atoms with van der Waals surface area (Å²) in [5, 5.41) is 4.17. The summed E-state index contributed by atoms with van der Waals surface area (Å²) in [4.78, 5) is 2.01. The first kappa shape index (κ1) is 14.1. The van der Waals surface area contributed by atoms with Crippen molar-refractivity contribution in [1.29, 1.82) is 0 Å². The Morgan fingerprint density at radius 3 is 2.60 bits per heavy atom. The van der Waals surface area contributed by atoms with Crippen molar-refractivity contribution < 1.29 is 0 Å². The van der Waals surface area contributed by atoms with Gasteiger partial charge in [0.25, 0.3) is 0 Å². The molecule has 0 amide bonds. The highest BCUT2D eigenvalue weighted by atomic mass is 15.4. The van der Waals surface area contributed by atoms with Gasteiger partial charge in [0.1, 0.15) is 5.84 Å². The second kappa shape index (κ2) is 5.37. The van der Waals surface area contributed by atoms with Crippen molar-refractivity contribution in [2.24, 2.45) is 5.10 Å². The Morgan fingerprint density at radius 1 is 1.25 bits per heavy atom. The molecule has 0 aliphatic carbocycles. The summed E-state index contributed by atoms with van der Waals surface area (Å²) >= 11 is 0. The number of hydrogen-bond donors (Lipinski definition) is 1. The van der Waals surface area contributed by atoms with Crippen molar-refractivity contribution >= 4 is 11.4 Å². The molecule has 20 heavy (non-hydrogen) atoms. The standard InChI is InChI=1S/C17H21N3/c1-11-7-8-16(9-12(11)2)13(3)10-17-14(4)18-19-15(5)20(17)6/h7-10,18H,3-4H2,1-2,5-6H3/b17-10-. The lowest BCUT2D eigenvalue weighted by Gasteiger charge is -2.28. The van der Waals surface area contributed by atoms with Crippen LogP contribution in [0.15, 0.2) is 53.9 Å². The lowest BCUT2D eigenvalue weighted by atomic mass is 10.0. The number of amidine groups is 1. The maximum atomic E-state index is 4.17. The molecule has 1 heterocycles. The fourth-order valence-electron chi connectivity index (χ4n) is 2.03. The first-order valence-corrected chi connectivity index (χ1v) is 6.61. The van der Waals surface area contributed by atoms with E-state index in [9.17, 15) is 0 Å². The maximum absolute atomic E-state index is 4.17. The Bertz CT molecular complexity index is 636. The second-order valence-electron chi connectivity index (χ2n) is 5.16. The first-order valence-electron chi connectivity index (χ1n) is 6.61. The van der Waals surface area contributed by atoms with Crippen LogP contribution in [-0.2, 0) is 0 Å². The number of benzene rings is 1. The van der Waals surface area contributed by atoms with Gasteiger partial charge in [0, 0.05) is 7.05 Å². The van der Waals surface area contributed by atoms with Crippen molar-refractivity contribution in [1.82, 2.24) is 10.3 Å². The van der Waals surface area contributed by atoms with Gasteiger partial charge in [-0.05, 0) is 49.1 Å². The smallest absolute Gasteiger partial charge is 0.126 e. The first-order chi connectivity index (χ1) is 9.40. The zero-order chi connectivity index (χ0) is 14.9. The molecule has 0 saturated carbocycles. The number of nitrogens with one attached hydrogen (secondary N) is 1. The highest BCUT2D eigenvalue weighted by Gasteiger charge is 2.16. The molecule has 0 fully saturated rings. The van der Waals surface area contributed by atoms with E-state index in [2.05, 4.69) is 55.7 Å². The van der Waals surface area contributed by atoms with Gasteiger partial charge in [-0.1, -0.05) is 31.4 Å². The number of aryl methyl sites for hydroxylation is 2. The van der Waals surface area contributed by atoms with Gasteiger partial charge in [-0.2, -0.15) is 5.10 Å². The van der Waals surface area contributed by atoms with Crippen molar-refractivity contribution in [3.63, 3.8) is 0 Å². The fraction of sp³-hybridized carbons (Fsp3) is 0.235. The minimum Gasteiger partial charge on any atom is -0.330 e. The van der Waals surface area contributed by atoms with Crippen LogP contribution in [0.2, 0.25) is 0 Å². The number of likely N-dealkylation sites (N-methyl/N-ethyl adjacent to an activating group) is 1. The van der Waals surface area contributed by atoms with E-state index < -0.39 is 0 Å². The van der Waals surface area contributed by atoms with E-state index in [-0.39, 0.29) is 0 Å². The normalized spacial score (nSPS) is 17.0. The van der Waals surface area contributed by atoms with E-state index >= 15 is 0 Å². The van der Waals surface area contributed by atoms with E-state index in [1.807, 2.05) is 24.9 Å². The lowest BCUT2D eigenvalue weighted by Crippen LogP contribution is -2.33. The van der Waals surface area contributed by atoms with Crippen LogP contribution in [0.3, 0.4) is 0 Å². The largest absolute Gasteiger partial charge is 0.330 e. The molecule has 0 aromatic heterocycles. The summed E-state index contributed by atoms with van der Waals surface area (Å²) in [5.41, 5.74) is 9.35. The van der Waals surface area contributed by atoms with E-state index in [4.69, 9.17) is 0 Å². The third kappa shape index (κ3) is 2.67. The molecule has 0 bridgehead atoms. The van der Waals surface area contributed by atoms with Gasteiger partial charge in [0.05, 0.1) is 11.4 Å². The summed E-state index contributed by atoms with van der Waals surface area (Å²) in [6.45, 7) is 14.3. The van der Waals surface area contributed by atoms with Crippen LogP contribution in [0.5, 0.6) is 0 Å². The molecule has 0 saturated heterocycles. The number of allylic oxidation sites excluding steroid dienone is 2. The lowest BCUT2D eigenvalue weighted by molar-refractivity contribution is 0.577. The zero-order valence-corrected chi connectivity index (χ0v) is 12.6. The monoisotopic (exact) mass is 267 g/mol. The molecule has 0 atom stereocenters. The van der Waals surface area contributed by atoms with Gasteiger partial charge in [-0.15, -0.1) is 0 Å². The number of nitrogens with zero attached hydrogens (tertiary/aromatic N) is 2. The predicted molar refractivity (Wildman–Crippen MR) is 86.2 cm³/mol. The topological polar surface area (TPSA) is 27.6 Å². The van der Waals surface area contributed by atoms with Crippen LogP contribution in [-0.4, -0.2) is 17.8 Å². The molecule has 0 unspecified atom stereocenters. The SMILES string of the molecule is C=C1NN=C(C)N(C)/C1=C\C(=C)c1ccc(C)c(C)c1. The van der Waals surface area contributed by atoms with Gasteiger partial charge in [0.15, 0.2) is 0 Å². The molecule has 1 N–H and O–H groups in total. The Kier molecular flexibility index (Phi) is 3.79. The molecule has 2 rings (SSSR count). The molecule has 3 heteroatoms. The van der Waals surface area contributed by atoms with Crippen LogP contribution >= 0.6 is 0 Å². The van der Waals surface area contributed by atoms with E-state index in [1.54, 1.807) is 0 Å². The highest BCUT2D eigenvalue weighted by Crippen LogP contribution is 2.23. The zero-order valence-electron chi connectivity index (χ0n) is 12.6. The Hall–Kier alpha value is -2.29. The minimum atomic E-state index is 0.781. The Morgan fingerprint density at radius 2 is 1.95 bits per heavy atom. The predicted octanol–water partition coefficient (Wildman–Crippen LogP) is 3.58. The molecular weight excluding hydrogens is 246 g/mol. The molecule has 0 radical (unpaired) electrons. The molecule has 1 aromatic rings. The van der Waals surface area contributed by atoms with Gasteiger partial charge >= 0.3 is 0 Å². The van der Waals surface area contributed by atoms with E-state index in [0.717, 1.165) is 28.4 Å². The van der Waals surface area contributed by atoms with Crippen molar-refractivity contribution in [3.8, 4) is 0 Å². The molecule has 1 aliphatic heterocycles. The van der Waals surface area contributed by atoms with Crippen LogP contribution in [0.4, 0.5) is 0 Å². The highest BCUT2D eigenvalue weighted by molar-refractivity contribution is 5.84. The minimum absolute atomic E-state index is 0.781. The summed E-state index contributed by atoms with van der Waals surface area (Å²) < 4.78 is 0. The maximum Gasteiger partial charge on any atom is 0.126 e. The third-order valence-electron chi connectivity index (χ3n) is 3.70. The van der Waals surface area contributed by atoms with E-state index in [1.165, 1.54) is 11.1 Å². The van der Waals surface area contributed by atoms with E-state index in [0.29, 0.717) is 0 Å². The van der Waals surface area contributed by atoms with Crippen molar-refractivity contribution in [2.75, 3.05) is 7.05 Å². The summed E-state index contributed by atoms with van der Waals surface area (Å²) in [6, 6.07) is 6.38. The number of hydrogen-bond acceptors (Lipinski definition) is 3. The number of hydrazone groups is 1. The Labute approximate surface area is 121 Å². The summed E-state index contributed by atoms with van der Waals surface area (Å²) in [7, 11) is 1.98. The molecule has 104 valence electrons. The summed E-state index contributed by atoms with van der Waals surface area (Å²) in [5.74, 6) is 0.900. The van der Waals surface area contributed by atoms with Crippen LogP contribution in [0.1, 0.15) is 23.6 Å². The fourth-order valence-corrected chi connectivity index (χ4v) is 2.03.